The van der Waals surface area contributed by atoms with Crippen LogP contribution < -0.4 is 5.32 Å². The molecule has 0 aliphatic heterocycles. The van der Waals surface area contributed by atoms with Crippen LogP contribution in [0.25, 0.3) is 0 Å². The summed E-state index contributed by atoms with van der Waals surface area (Å²) < 4.78 is 5.32. The summed E-state index contributed by atoms with van der Waals surface area (Å²) in [7, 11) is 3.69. The lowest BCUT2D eigenvalue weighted by Gasteiger charge is -2.23. The van der Waals surface area contributed by atoms with Crippen molar-refractivity contribution in [1.82, 2.24) is 5.32 Å². The van der Waals surface area contributed by atoms with E-state index in [1.807, 2.05) is 7.05 Å². The van der Waals surface area contributed by atoms with Gasteiger partial charge < -0.3 is 10.1 Å². The number of hydrogen-bond donors (Lipinski definition) is 1. The van der Waals surface area contributed by atoms with Gasteiger partial charge in [-0.25, -0.2) is 0 Å². The van der Waals surface area contributed by atoms with Crippen LogP contribution in [0.4, 0.5) is 0 Å². The second-order valence-corrected chi connectivity index (χ2v) is 2.82. The smallest absolute Gasteiger partial charge is 0.0721 e. The Morgan fingerprint density at radius 2 is 2.25 bits per heavy atom. The molecule has 0 rings (SSSR count). The summed E-state index contributed by atoms with van der Waals surface area (Å²) in [5, 5.41) is 3.22. The molecule has 12 heavy (non-hydrogen) atoms. The van der Waals surface area contributed by atoms with Crippen molar-refractivity contribution in [3.8, 4) is 12.3 Å². The summed E-state index contributed by atoms with van der Waals surface area (Å²) in [6.07, 6.45) is 8.29. The van der Waals surface area contributed by atoms with Gasteiger partial charge in [-0.2, -0.15) is 0 Å². The Balaban J connectivity index is 3.85. The molecule has 2 heteroatoms. The Morgan fingerprint density at radius 1 is 1.58 bits per heavy atom. The fourth-order valence-corrected chi connectivity index (χ4v) is 1.37. The third-order valence-electron chi connectivity index (χ3n) is 2.12. The Hall–Kier alpha value is -0.520. The molecule has 0 aromatic heterocycles. The summed E-state index contributed by atoms with van der Waals surface area (Å²) in [6.45, 7) is 2.12. The van der Waals surface area contributed by atoms with Crippen LogP contribution in [0, 0.1) is 12.3 Å². The number of hydrogen-bond acceptors (Lipinski definition) is 2. The molecule has 0 radical (unpaired) electrons. The van der Waals surface area contributed by atoms with Crippen molar-refractivity contribution < 1.29 is 4.74 Å². The molecule has 2 unspecified atom stereocenters. The summed E-state index contributed by atoms with van der Waals surface area (Å²) in [5.74, 6) is 2.64. The lowest BCUT2D eigenvalue weighted by Crippen LogP contribution is -2.38. The molecular weight excluding hydrogens is 150 g/mol. The van der Waals surface area contributed by atoms with Crippen LogP contribution in [-0.2, 0) is 4.74 Å². The molecule has 1 N–H and O–H groups in total. The predicted octanol–water partition coefficient (Wildman–Crippen LogP) is 1.41. The SMILES string of the molecule is C#CCCC(NC)C(CC)OC. The van der Waals surface area contributed by atoms with Gasteiger partial charge in [0, 0.05) is 19.6 Å². The van der Waals surface area contributed by atoms with Crippen molar-refractivity contribution in [2.24, 2.45) is 0 Å². The molecule has 0 heterocycles. The summed E-state index contributed by atoms with van der Waals surface area (Å²) in [6, 6.07) is 0.385. The minimum absolute atomic E-state index is 0.281. The first kappa shape index (κ1) is 11.5. The van der Waals surface area contributed by atoms with E-state index in [9.17, 15) is 0 Å². The lowest BCUT2D eigenvalue weighted by molar-refractivity contribution is 0.0655. The van der Waals surface area contributed by atoms with Crippen molar-refractivity contribution in [2.45, 2.75) is 38.3 Å². The molecule has 2 atom stereocenters. The van der Waals surface area contributed by atoms with E-state index in [4.69, 9.17) is 11.2 Å². The van der Waals surface area contributed by atoms with Gasteiger partial charge in [0.15, 0.2) is 0 Å². The van der Waals surface area contributed by atoms with Gasteiger partial charge in [0.1, 0.15) is 0 Å². The van der Waals surface area contributed by atoms with E-state index in [1.54, 1.807) is 7.11 Å². The maximum atomic E-state index is 5.32. The van der Waals surface area contributed by atoms with Crippen molar-refractivity contribution in [2.75, 3.05) is 14.2 Å². The molecule has 0 aliphatic carbocycles. The third-order valence-corrected chi connectivity index (χ3v) is 2.12. The van der Waals surface area contributed by atoms with Crippen molar-refractivity contribution in [1.29, 1.82) is 0 Å². The second kappa shape index (κ2) is 7.15. The predicted molar refractivity (Wildman–Crippen MR) is 52.0 cm³/mol. The van der Waals surface area contributed by atoms with Crippen LogP contribution in [0.5, 0.6) is 0 Å². The van der Waals surface area contributed by atoms with Gasteiger partial charge in [-0.1, -0.05) is 6.92 Å². The third kappa shape index (κ3) is 3.75. The quantitative estimate of drug-likeness (QED) is 0.607. The minimum atomic E-state index is 0.281. The monoisotopic (exact) mass is 169 g/mol. The van der Waals surface area contributed by atoms with E-state index in [0.29, 0.717) is 6.04 Å². The van der Waals surface area contributed by atoms with E-state index < -0.39 is 0 Å². The maximum Gasteiger partial charge on any atom is 0.0721 e. The zero-order valence-electron chi connectivity index (χ0n) is 8.26. The summed E-state index contributed by atoms with van der Waals surface area (Å²) >= 11 is 0. The number of ether oxygens (including phenoxy) is 1. The molecule has 0 saturated carbocycles. The number of terminal acetylenes is 1. The van der Waals surface area contributed by atoms with Crippen molar-refractivity contribution in [3.63, 3.8) is 0 Å². The second-order valence-electron chi connectivity index (χ2n) is 2.82. The summed E-state index contributed by atoms with van der Waals surface area (Å²) in [4.78, 5) is 0. The first-order valence-corrected chi connectivity index (χ1v) is 4.43. The van der Waals surface area contributed by atoms with Gasteiger partial charge in [0.2, 0.25) is 0 Å². The molecule has 0 aromatic carbocycles. The van der Waals surface area contributed by atoms with E-state index in [2.05, 4.69) is 18.2 Å². The van der Waals surface area contributed by atoms with Gasteiger partial charge in [-0.05, 0) is 19.9 Å². The van der Waals surface area contributed by atoms with Crippen LogP contribution in [0.3, 0.4) is 0 Å². The molecule has 70 valence electrons. The average molecular weight is 169 g/mol. The minimum Gasteiger partial charge on any atom is -0.380 e. The van der Waals surface area contributed by atoms with Crippen LogP contribution in [0.2, 0.25) is 0 Å². The number of rotatable bonds is 6. The van der Waals surface area contributed by atoms with Crippen LogP contribution >= 0.6 is 0 Å². The molecule has 0 saturated heterocycles. The Bertz CT molecular complexity index is 135. The van der Waals surface area contributed by atoms with Crippen molar-refractivity contribution >= 4 is 0 Å². The van der Waals surface area contributed by atoms with E-state index >= 15 is 0 Å². The molecule has 2 nitrogen and oxygen atoms in total. The zero-order valence-corrected chi connectivity index (χ0v) is 8.26. The van der Waals surface area contributed by atoms with Gasteiger partial charge >= 0.3 is 0 Å². The zero-order chi connectivity index (χ0) is 9.40. The van der Waals surface area contributed by atoms with Crippen LogP contribution in [-0.4, -0.2) is 26.3 Å². The fraction of sp³-hybridized carbons (Fsp3) is 0.800. The van der Waals surface area contributed by atoms with Crippen LogP contribution in [0.1, 0.15) is 26.2 Å². The molecule has 0 aliphatic rings. The van der Waals surface area contributed by atoms with Gasteiger partial charge in [-0.3, -0.25) is 0 Å². The van der Waals surface area contributed by atoms with Gasteiger partial charge in [-0.15, -0.1) is 12.3 Å². The highest BCUT2D eigenvalue weighted by Crippen LogP contribution is 2.08. The first-order chi connectivity index (χ1) is 5.79. The molecule has 0 bridgehead atoms. The van der Waals surface area contributed by atoms with E-state index in [-0.39, 0.29) is 6.10 Å². The highest BCUT2D eigenvalue weighted by Gasteiger charge is 2.16. The first-order valence-electron chi connectivity index (χ1n) is 4.43. The topological polar surface area (TPSA) is 21.3 Å². The molecular formula is C10H19NO. The Labute approximate surface area is 75.7 Å². The Morgan fingerprint density at radius 3 is 2.58 bits per heavy atom. The molecule has 0 spiro atoms. The highest BCUT2D eigenvalue weighted by molar-refractivity contribution is 4.87. The number of methoxy groups -OCH3 is 1. The normalized spacial score (nSPS) is 15.2. The van der Waals surface area contributed by atoms with Crippen molar-refractivity contribution in [3.05, 3.63) is 0 Å². The fourth-order valence-electron chi connectivity index (χ4n) is 1.37. The number of nitrogens with one attached hydrogen (secondary N) is 1. The van der Waals surface area contributed by atoms with Gasteiger partial charge in [0.25, 0.3) is 0 Å². The maximum absolute atomic E-state index is 5.32. The van der Waals surface area contributed by atoms with E-state index in [0.717, 1.165) is 19.3 Å². The number of likely N-dealkylation sites (N-methyl/N-ethyl adjacent to an activating group) is 1. The standard InChI is InChI=1S/C10H19NO/c1-5-7-8-9(11-3)10(6-2)12-4/h1,9-11H,6-8H2,2-4H3. The van der Waals surface area contributed by atoms with E-state index in [1.165, 1.54) is 0 Å². The average Bonchev–Trinajstić information content (AvgIpc) is 2.12. The Kier molecular flexibility index (Phi) is 6.84. The summed E-state index contributed by atoms with van der Waals surface area (Å²) in [5.41, 5.74) is 0. The molecule has 0 aromatic rings. The largest absolute Gasteiger partial charge is 0.380 e. The highest BCUT2D eigenvalue weighted by atomic mass is 16.5. The molecule has 0 amide bonds. The van der Waals surface area contributed by atoms with Gasteiger partial charge in [0.05, 0.1) is 6.10 Å². The van der Waals surface area contributed by atoms with Crippen LogP contribution in [0.15, 0.2) is 0 Å². The molecule has 0 fully saturated rings. The lowest BCUT2D eigenvalue weighted by atomic mass is 10.0.